The first-order valence-corrected chi connectivity index (χ1v) is 13.3. The highest BCUT2D eigenvalue weighted by Gasteiger charge is 2.24. The number of hydrogen-bond donors (Lipinski definition) is 0. The number of unbranched alkanes of at least 4 members (excludes halogenated alkanes) is 1. The molecule has 0 aliphatic rings. The van der Waals surface area contributed by atoms with Crippen molar-refractivity contribution in [3.05, 3.63) is 36.3 Å². The van der Waals surface area contributed by atoms with Crippen LogP contribution in [0.25, 0.3) is 27.7 Å². The van der Waals surface area contributed by atoms with E-state index in [-0.39, 0.29) is 11.9 Å². The molecule has 6 heteroatoms. The molecule has 188 valence electrons. The van der Waals surface area contributed by atoms with Crippen LogP contribution in [0.15, 0.2) is 30.5 Å². The van der Waals surface area contributed by atoms with E-state index < -0.39 is 0 Å². The van der Waals surface area contributed by atoms with Gasteiger partial charge in [-0.1, -0.05) is 72.9 Å². The van der Waals surface area contributed by atoms with E-state index in [0.29, 0.717) is 24.0 Å². The Hall–Kier alpha value is -2.89. The van der Waals surface area contributed by atoms with Gasteiger partial charge in [0.15, 0.2) is 11.4 Å². The maximum Gasteiger partial charge on any atom is 0.311 e. The van der Waals surface area contributed by atoms with Crippen molar-refractivity contribution in [2.24, 2.45) is 17.8 Å². The van der Waals surface area contributed by atoms with E-state index in [1.54, 1.807) is 0 Å². The number of imidazole rings is 1. The molecule has 0 radical (unpaired) electrons. The number of esters is 1. The number of benzene rings is 1. The number of ether oxygens (including phenoxy) is 1. The quantitative estimate of drug-likeness (QED) is 0.215. The number of aromatic nitrogens is 4. The van der Waals surface area contributed by atoms with E-state index in [9.17, 15) is 4.79 Å². The minimum Gasteiger partial charge on any atom is -0.424 e. The normalized spacial score (nSPS) is 13.0. The van der Waals surface area contributed by atoms with Crippen molar-refractivity contribution in [2.45, 2.75) is 86.6 Å². The minimum atomic E-state index is -0.211. The Kier molecular flexibility index (Phi) is 7.78. The van der Waals surface area contributed by atoms with E-state index in [2.05, 4.69) is 42.7 Å². The van der Waals surface area contributed by atoms with Gasteiger partial charge < -0.3 is 9.30 Å². The fourth-order valence-electron chi connectivity index (χ4n) is 4.89. The number of rotatable bonds is 11. The van der Waals surface area contributed by atoms with Crippen molar-refractivity contribution >= 4 is 33.7 Å². The predicted octanol–water partition coefficient (Wildman–Crippen LogP) is 7.20. The van der Waals surface area contributed by atoms with Crippen LogP contribution in [0.5, 0.6) is 5.75 Å². The number of fused-ring (bicyclic) bond motifs is 5. The van der Waals surface area contributed by atoms with Crippen LogP contribution >= 0.6 is 0 Å². The highest BCUT2D eigenvalue weighted by molar-refractivity contribution is 6.01. The first-order chi connectivity index (χ1) is 16.8. The van der Waals surface area contributed by atoms with Gasteiger partial charge in [0.2, 0.25) is 0 Å². The number of carbonyl (C=O) groups is 1. The van der Waals surface area contributed by atoms with E-state index in [4.69, 9.17) is 14.7 Å². The lowest BCUT2D eigenvalue weighted by Crippen LogP contribution is -2.12. The molecule has 0 spiro atoms. The fraction of sp³-hybridized carbons (Fsp3) is 0.552. The highest BCUT2D eigenvalue weighted by Crippen LogP contribution is 2.35. The van der Waals surface area contributed by atoms with Crippen molar-refractivity contribution in [1.29, 1.82) is 0 Å². The van der Waals surface area contributed by atoms with Gasteiger partial charge in [-0.15, -0.1) is 0 Å². The number of hydrogen-bond acceptors (Lipinski definition) is 4. The maximum absolute atomic E-state index is 12.7. The first-order valence-electron chi connectivity index (χ1n) is 13.3. The number of para-hydroxylation sites is 2. The maximum atomic E-state index is 12.7. The molecule has 3 heterocycles. The second-order valence-corrected chi connectivity index (χ2v) is 10.7. The molecule has 0 aliphatic carbocycles. The Balaban J connectivity index is 1.95. The predicted molar refractivity (Wildman–Crippen MR) is 143 cm³/mol. The molecule has 0 saturated carbocycles. The molecular formula is C29H40N4O2. The lowest BCUT2D eigenvalue weighted by Gasteiger charge is -2.16. The lowest BCUT2D eigenvalue weighted by atomic mass is 9.99. The summed E-state index contributed by atoms with van der Waals surface area (Å²) in [4.78, 5) is 23.0. The highest BCUT2D eigenvalue weighted by atomic mass is 16.5. The van der Waals surface area contributed by atoms with Gasteiger partial charge in [0.1, 0.15) is 16.9 Å². The van der Waals surface area contributed by atoms with Crippen LogP contribution in [0.3, 0.4) is 0 Å². The Morgan fingerprint density at radius 1 is 1.03 bits per heavy atom. The molecule has 1 atom stereocenters. The molecule has 35 heavy (non-hydrogen) atoms. The van der Waals surface area contributed by atoms with Crippen molar-refractivity contribution in [1.82, 2.24) is 18.9 Å². The summed E-state index contributed by atoms with van der Waals surface area (Å²) in [5.74, 6) is 2.59. The summed E-state index contributed by atoms with van der Waals surface area (Å²) in [6, 6.07) is 8.17. The van der Waals surface area contributed by atoms with Crippen LogP contribution in [0.2, 0.25) is 0 Å². The van der Waals surface area contributed by atoms with Crippen molar-refractivity contribution in [2.75, 3.05) is 0 Å². The third-order valence-corrected chi connectivity index (χ3v) is 6.68. The van der Waals surface area contributed by atoms with Crippen LogP contribution in [-0.2, 0) is 17.8 Å². The lowest BCUT2D eigenvalue weighted by molar-refractivity contribution is -0.135. The van der Waals surface area contributed by atoms with Gasteiger partial charge in [-0.05, 0) is 36.3 Å². The Morgan fingerprint density at radius 3 is 2.49 bits per heavy atom. The topological polar surface area (TPSA) is 61.4 Å². The van der Waals surface area contributed by atoms with Crippen LogP contribution in [0.1, 0.15) is 79.5 Å². The summed E-state index contributed by atoms with van der Waals surface area (Å²) in [6.07, 6.45) is 7.91. The second-order valence-electron chi connectivity index (χ2n) is 10.7. The van der Waals surface area contributed by atoms with Crippen molar-refractivity contribution in [3.63, 3.8) is 0 Å². The first kappa shape index (κ1) is 25.2. The summed E-state index contributed by atoms with van der Waals surface area (Å²) in [5, 5.41) is 0.830. The van der Waals surface area contributed by atoms with Gasteiger partial charge in [0.25, 0.3) is 0 Å². The monoisotopic (exact) mass is 476 g/mol. The third kappa shape index (κ3) is 5.36. The van der Waals surface area contributed by atoms with Gasteiger partial charge in [0, 0.05) is 25.6 Å². The standard InChI is InChI=1S/C29H40N4O2/c1-7-9-12-21(8-2)17-32-18-24(35-26(34)16-20(5)6)27-28(32)31-25(15-19(3)4)33-23-14-11-10-13-22(23)30-29(27)33/h10-11,13-14,18-21H,7-9,12,15-17H2,1-6H3/t21-/m0/s1. The van der Waals surface area contributed by atoms with Gasteiger partial charge in [-0.25, -0.2) is 9.97 Å². The summed E-state index contributed by atoms with van der Waals surface area (Å²) in [7, 11) is 0. The van der Waals surface area contributed by atoms with Gasteiger partial charge in [-0.3, -0.25) is 9.20 Å². The zero-order valence-corrected chi connectivity index (χ0v) is 22.2. The zero-order valence-electron chi connectivity index (χ0n) is 22.2. The molecule has 0 aliphatic heterocycles. The number of nitrogens with zero attached hydrogens (tertiary/aromatic N) is 4. The minimum absolute atomic E-state index is 0.211. The molecule has 0 amide bonds. The Bertz CT molecular complexity index is 1310. The van der Waals surface area contributed by atoms with Crippen molar-refractivity contribution in [3.8, 4) is 5.75 Å². The Morgan fingerprint density at radius 2 is 1.80 bits per heavy atom. The van der Waals surface area contributed by atoms with Gasteiger partial charge >= 0.3 is 5.97 Å². The zero-order chi connectivity index (χ0) is 25.1. The van der Waals surface area contributed by atoms with Crippen LogP contribution in [-0.4, -0.2) is 24.9 Å². The van der Waals surface area contributed by atoms with Crippen LogP contribution in [0, 0.1) is 17.8 Å². The molecule has 4 aromatic rings. The van der Waals surface area contributed by atoms with Crippen LogP contribution in [0.4, 0.5) is 0 Å². The molecular weight excluding hydrogens is 436 g/mol. The van der Waals surface area contributed by atoms with Gasteiger partial charge in [0.05, 0.1) is 11.0 Å². The van der Waals surface area contributed by atoms with E-state index in [1.807, 2.05) is 38.2 Å². The SMILES string of the molecule is CCCC[C@H](CC)Cn1cc(OC(=O)CC(C)C)c2c1nc(CC(C)C)n1c3ccccc3nc21. The summed E-state index contributed by atoms with van der Waals surface area (Å²) >= 11 is 0. The molecule has 0 saturated heterocycles. The number of carbonyl (C=O) groups excluding carboxylic acids is 1. The summed E-state index contributed by atoms with van der Waals surface area (Å²) in [5.41, 5.74) is 3.65. The Labute approximate surface area is 208 Å². The fourth-order valence-corrected chi connectivity index (χ4v) is 4.89. The molecule has 6 nitrogen and oxygen atoms in total. The van der Waals surface area contributed by atoms with Crippen LogP contribution < -0.4 is 4.74 Å². The molecule has 0 unspecified atom stereocenters. The summed E-state index contributed by atoms with van der Waals surface area (Å²) in [6.45, 7) is 13.8. The van der Waals surface area contributed by atoms with Gasteiger partial charge in [-0.2, -0.15) is 0 Å². The van der Waals surface area contributed by atoms with E-state index in [1.165, 1.54) is 19.3 Å². The molecule has 0 fully saturated rings. The van der Waals surface area contributed by atoms with E-state index in [0.717, 1.165) is 52.9 Å². The average Bonchev–Trinajstić information content (AvgIpc) is 3.34. The average molecular weight is 477 g/mol. The molecule has 0 N–H and O–H groups in total. The molecule has 4 rings (SSSR count). The molecule has 3 aromatic heterocycles. The second kappa shape index (κ2) is 10.8. The summed E-state index contributed by atoms with van der Waals surface area (Å²) < 4.78 is 10.4. The molecule has 1 aromatic carbocycles. The van der Waals surface area contributed by atoms with Crippen molar-refractivity contribution < 1.29 is 9.53 Å². The third-order valence-electron chi connectivity index (χ3n) is 6.68. The largest absolute Gasteiger partial charge is 0.424 e. The van der Waals surface area contributed by atoms with E-state index >= 15 is 0 Å². The smallest absolute Gasteiger partial charge is 0.311 e. The molecule has 0 bridgehead atoms.